The summed E-state index contributed by atoms with van der Waals surface area (Å²) in [4.78, 5) is 32.3. The summed E-state index contributed by atoms with van der Waals surface area (Å²) in [6.45, 7) is 7.58. The quantitative estimate of drug-likeness (QED) is 0.190. The molecular formula is C33H29Cl2FN2O5S. The molecule has 0 spiro atoms. The molecule has 1 atom stereocenters. The minimum absolute atomic E-state index is 0.139. The Morgan fingerprint density at radius 3 is 2.45 bits per heavy atom. The molecule has 0 amide bonds. The van der Waals surface area contributed by atoms with Crippen molar-refractivity contribution >= 4 is 46.6 Å². The third kappa shape index (κ3) is 6.60. The predicted molar refractivity (Wildman–Crippen MR) is 170 cm³/mol. The molecule has 228 valence electrons. The van der Waals surface area contributed by atoms with Crippen molar-refractivity contribution in [3.63, 3.8) is 0 Å². The molecule has 0 unspecified atom stereocenters. The van der Waals surface area contributed by atoms with Crippen LogP contribution in [-0.2, 0) is 16.1 Å². The Morgan fingerprint density at radius 1 is 1.11 bits per heavy atom. The van der Waals surface area contributed by atoms with E-state index in [-0.39, 0.29) is 52.1 Å². The zero-order valence-electron chi connectivity index (χ0n) is 24.4. The van der Waals surface area contributed by atoms with Crippen LogP contribution in [0.3, 0.4) is 0 Å². The number of hydrogen-bond acceptors (Lipinski definition) is 7. The van der Waals surface area contributed by atoms with Crippen molar-refractivity contribution in [2.45, 2.75) is 46.4 Å². The van der Waals surface area contributed by atoms with Crippen molar-refractivity contribution in [2.75, 3.05) is 6.61 Å². The van der Waals surface area contributed by atoms with Gasteiger partial charge in [-0.05, 0) is 75.2 Å². The predicted octanol–water partition coefficient (Wildman–Crippen LogP) is 6.61. The van der Waals surface area contributed by atoms with E-state index in [9.17, 15) is 14.0 Å². The van der Waals surface area contributed by atoms with Crippen molar-refractivity contribution in [3.8, 4) is 11.5 Å². The van der Waals surface area contributed by atoms with Crippen molar-refractivity contribution in [3.05, 3.63) is 124 Å². The van der Waals surface area contributed by atoms with Crippen molar-refractivity contribution < 1.29 is 23.4 Å². The third-order valence-electron chi connectivity index (χ3n) is 6.71. The minimum Gasteiger partial charge on any atom is -0.491 e. The van der Waals surface area contributed by atoms with Crippen LogP contribution in [0, 0.1) is 5.82 Å². The van der Waals surface area contributed by atoms with Crippen molar-refractivity contribution in [1.82, 2.24) is 4.57 Å². The van der Waals surface area contributed by atoms with E-state index in [1.54, 1.807) is 44.2 Å². The average Bonchev–Trinajstić information content (AvgIpc) is 3.26. The zero-order chi connectivity index (χ0) is 31.5. The number of nitrogens with zero attached hydrogens (tertiary/aromatic N) is 2. The Labute approximate surface area is 267 Å². The molecule has 3 aromatic carbocycles. The molecule has 0 saturated carbocycles. The van der Waals surface area contributed by atoms with Crippen LogP contribution in [-0.4, -0.2) is 23.2 Å². The molecule has 0 radical (unpaired) electrons. The number of thiazole rings is 1. The standard InChI is InChI=1S/C33H29Cl2FN2O5S/c1-5-41-32(40)28-19(4)37-33-38(29(28)23-8-6-7-9-26(23)43-18(2)3)31(39)27(44-33)16-21-14-24(34)30(25(35)15-21)42-17-20-10-12-22(36)13-11-20/h6-16,18,29H,5,17H2,1-4H3/b27-16+/t29-/m0/s1. The van der Waals surface area contributed by atoms with Crippen LogP contribution in [0.5, 0.6) is 11.5 Å². The maximum Gasteiger partial charge on any atom is 0.338 e. The topological polar surface area (TPSA) is 79.1 Å². The number of para-hydroxylation sites is 1. The molecule has 5 rings (SSSR count). The lowest BCUT2D eigenvalue weighted by Crippen LogP contribution is -2.40. The molecule has 7 nitrogen and oxygen atoms in total. The minimum atomic E-state index is -0.822. The van der Waals surface area contributed by atoms with Gasteiger partial charge in [0.1, 0.15) is 24.2 Å². The van der Waals surface area contributed by atoms with Crippen LogP contribution in [0.25, 0.3) is 6.08 Å². The Kier molecular flexibility index (Phi) is 9.58. The van der Waals surface area contributed by atoms with Gasteiger partial charge in [0.05, 0.1) is 38.6 Å². The average molecular weight is 656 g/mol. The number of ether oxygens (including phenoxy) is 3. The van der Waals surface area contributed by atoms with Gasteiger partial charge < -0.3 is 14.2 Å². The summed E-state index contributed by atoms with van der Waals surface area (Å²) in [6, 6.07) is 15.7. The molecule has 1 aliphatic rings. The van der Waals surface area contributed by atoms with Crippen molar-refractivity contribution in [2.24, 2.45) is 4.99 Å². The summed E-state index contributed by atoms with van der Waals surface area (Å²) in [5, 5.41) is 0.494. The largest absolute Gasteiger partial charge is 0.491 e. The molecule has 44 heavy (non-hydrogen) atoms. The smallest absolute Gasteiger partial charge is 0.338 e. The molecule has 0 aliphatic carbocycles. The summed E-state index contributed by atoms with van der Waals surface area (Å²) in [5.41, 5.74) is 2.32. The number of esters is 1. The molecule has 0 fully saturated rings. The van der Waals surface area contributed by atoms with Crippen LogP contribution >= 0.6 is 34.5 Å². The molecular weight excluding hydrogens is 626 g/mol. The zero-order valence-corrected chi connectivity index (χ0v) is 26.7. The molecule has 1 aromatic heterocycles. The molecule has 11 heteroatoms. The molecule has 0 bridgehead atoms. The van der Waals surface area contributed by atoms with E-state index >= 15 is 0 Å². The van der Waals surface area contributed by atoms with Gasteiger partial charge in [-0.3, -0.25) is 9.36 Å². The number of fused-ring (bicyclic) bond motifs is 1. The summed E-state index contributed by atoms with van der Waals surface area (Å²) in [5.74, 6) is -0.0746. The summed E-state index contributed by atoms with van der Waals surface area (Å²) >= 11 is 14.3. The maximum atomic E-state index is 14.0. The van der Waals surface area contributed by atoms with Gasteiger partial charge in [0.15, 0.2) is 10.6 Å². The number of rotatable bonds is 9. The van der Waals surface area contributed by atoms with Gasteiger partial charge in [0.2, 0.25) is 0 Å². The number of carbonyl (C=O) groups excluding carboxylic acids is 1. The van der Waals surface area contributed by atoms with E-state index < -0.39 is 12.0 Å². The van der Waals surface area contributed by atoms with E-state index in [2.05, 4.69) is 4.99 Å². The molecule has 2 heterocycles. The van der Waals surface area contributed by atoms with Crippen LogP contribution in [0.4, 0.5) is 4.39 Å². The fourth-order valence-electron chi connectivity index (χ4n) is 4.84. The first-order valence-corrected chi connectivity index (χ1v) is 15.5. The fraction of sp³-hybridized carbons (Fsp3) is 0.242. The maximum absolute atomic E-state index is 14.0. The fourth-order valence-corrected chi connectivity index (χ4v) is 6.50. The van der Waals surface area contributed by atoms with Crippen LogP contribution in [0.15, 0.2) is 81.7 Å². The first-order valence-electron chi connectivity index (χ1n) is 13.9. The Balaban J connectivity index is 1.58. The lowest BCUT2D eigenvalue weighted by molar-refractivity contribution is -0.139. The van der Waals surface area contributed by atoms with Crippen LogP contribution in [0.1, 0.15) is 50.4 Å². The molecule has 0 N–H and O–H groups in total. The number of hydrogen-bond donors (Lipinski definition) is 0. The third-order valence-corrected chi connectivity index (χ3v) is 8.25. The number of benzene rings is 3. The second kappa shape index (κ2) is 13.4. The van der Waals surface area contributed by atoms with Gasteiger partial charge in [-0.15, -0.1) is 0 Å². The number of halogens is 3. The van der Waals surface area contributed by atoms with Crippen LogP contribution < -0.4 is 24.4 Å². The van der Waals surface area contributed by atoms with E-state index in [1.807, 2.05) is 38.1 Å². The van der Waals surface area contributed by atoms with E-state index in [0.29, 0.717) is 31.9 Å². The van der Waals surface area contributed by atoms with Gasteiger partial charge >= 0.3 is 5.97 Å². The van der Waals surface area contributed by atoms with Crippen molar-refractivity contribution in [1.29, 1.82) is 0 Å². The first-order chi connectivity index (χ1) is 21.1. The van der Waals surface area contributed by atoms with Gasteiger partial charge in [0.25, 0.3) is 5.56 Å². The lowest BCUT2D eigenvalue weighted by Gasteiger charge is -2.26. The van der Waals surface area contributed by atoms with E-state index in [4.69, 9.17) is 37.4 Å². The van der Waals surface area contributed by atoms with Gasteiger partial charge in [-0.1, -0.05) is 64.9 Å². The monoisotopic (exact) mass is 654 g/mol. The Morgan fingerprint density at radius 2 is 1.80 bits per heavy atom. The first kappa shape index (κ1) is 31.5. The van der Waals surface area contributed by atoms with E-state index in [1.165, 1.54) is 28.0 Å². The second-order valence-corrected chi connectivity index (χ2v) is 12.1. The highest BCUT2D eigenvalue weighted by Gasteiger charge is 2.35. The van der Waals surface area contributed by atoms with Gasteiger partial charge in [-0.2, -0.15) is 0 Å². The normalized spacial score (nSPS) is 14.8. The van der Waals surface area contributed by atoms with Gasteiger partial charge in [0, 0.05) is 5.56 Å². The molecule has 0 saturated heterocycles. The highest BCUT2D eigenvalue weighted by atomic mass is 35.5. The second-order valence-electron chi connectivity index (χ2n) is 10.2. The molecule has 4 aromatic rings. The molecule has 1 aliphatic heterocycles. The summed E-state index contributed by atoms with van der Waals surface area (Å²) < 4.78 is 32.4. The lowest BCUT2D eigenvalue weighted by atomic mass is 9.95. The number of aromatic nitrogens is 1. The number of allylic oxidation sites excluding steroid dienone is 1. The summed E-state index contributed by atoms with van der Waals surface area (Å²) in [7, 11) is 0. The SMILES string of the molecule is CCOC(=O)C1=C(C)N=c2s/c(=C/c3cc(Cl)c(OCc4ccc(F)cc4)c(Cl)c3)c(=O)n2[C@H]1c1ccccc1OC(C)C. The number of carbonyl (C=O) groups is 1. The Hall–Kier alpha value is -3.92. The van der Waals surface area contributed by atoms with Gasteiger partial charge in [-0.25, -0.2) is 14.2 Å². The Bertz CT molecular complexity index is 1910. The van der Waals surface area contributed by atoms with E-state index in [0.717, 1.165) is 5.56 Å². The highest BCUT2D eigenvalue weighted by molar-refractivity contribution is 7.07. The van der Waals surface area contributed by atoms with Crippen LogP contribution in [0.2, 0.25) is 10.0 Å². The highest BCUT2D eigenvalue weighted by Crippen LogP contribution is 2.37. The summed E-state index contributed by atoms with van der Waals surface area (Å²) in [6.07, 6.45) is 1.53.